The number of anilines is 2. The van der Waals surface area contributed by atoms with Gasteiger partial charge in [0.1, 0.15) is 11.6 Å². The summed E-state index contributed by atoms with van der Waals surface area (Å²) in [5, 5.41) is 6.10. The van der Waals surface area contributed by atoms with Gasteiger partial charge in [0.15, 0.2) is 5.11 Å². The molecule has 104 valence electrons. The van der Waals surface area contributed by atoms with Crippen LogP contribution in [0.2, 0.25) is 5.02 Å². The lowest BCUT2D eigenvalue weighted by Gasteiger charge is -2.12. The van der Waals surface area contributed by atoms with Gasteiger partial charge in [-0.3, -0.25) is 0 Å². The van der Waals surface area contributed by atoms with Crippen LogP contribution in [0, 0.1) is 18.6 Å². The average Bonchev–Trinajstić information content (AvgIpc) is 2.37. The third-order valence-corrected chi connectivity index (χ3v) is 3.13. The molecule has 0 fully saturated rings. The van der Waals surface area contributed by atoms with Gasteiger partial charge in [-0.1, -0.05) is 17.7 Å². The first-order valence-electron chi connectivity index (χ1n) is 5.75. The van der Waals surface area contributed by atoms with E-state index in [1.807, 2.05) is 0 Å². The van der Waals surface area contributed by atoms with Gasteiger partial charge in [-0.05, 0) is 55.0 Å². The highest BCUT2D eigenvalue weighted by Crippen LogP contribution is 2.22. The fraction of sp³-hybridized carbons (Fsp3) is 0.0714. The van der Waals surface area contributed by atoms with E-state index in [0.717, 1.165) is 0 Å². The molecule has 2 aromatic rings. The van der Waals surface area contributed by atoms with E-state index in [9.17, 15) is 8.78 Å². The van der Waals surface area contributed by atoms with Crippen LogP contribution >= 0.6 is 23.8 Å². The SMILES string of the molecule is Cc1ccc(NC(=S)Nc2ccc(F)cc2Cl)cc1F. The van der Waals surface area contributed by atoms with E-state index in [0.29, 0.717) is 16.9 Å². The van der Waals surface area contributed by atoms with Crippen LogP contribution in [0.5, 0.6) is 0 Å². The molecular weight excluding hydrogens is 302 g/mol. The quantitative estimate of drug-likeness (QED) is 0.784. The minimum Gasteiger partial charge on any atom is -0.332 e. The van der Waals surface area contributed by atoms with E-state index in [2.05, 4.69) is 10.6 Å². The average molecular weight is 313 g/mol. The van der Waals surface area contributed by atoms with Crippen molar-refractivity contribution in [2.45, 2.75) is 6.92 Å². The van der Waals surface area contributed by atoms with Crippen LogP contribution in [0.15, 0.2) is 36.4 Å². The summed E-state index contributed by atoms with van der Waals surface area (Å²) in [6.45, 7) is 1.67. The van der Waals surface area contributed by atoms with Crippen LogP contribution in [0.1, 0.15) is 5.56 Å². The smallest absolute Gasteiger partial charge is 0.175 e. The van der Waals surface area contributed by atoms with E-state index in [-0.39, 0.29) is 16.0 Å². The van der Waals surface area contributed by atoms with Gasteiger partial charge >= 0.3 is 0 Å². The molecule has 6 heteroatoms. The third-order valence-electron chi connectivity index (χ3n) is 2.61. The summed E-state index contributed by atoms with van der Waals surface area (Å²) in [7, 11) is 0. The summed E-state index contributed by atoms with van der Waals surface area (Å²) in [6, 6.07) is 8.61. The number of benzene rings is 2. The Hall–Kier alpha value is -1.72. The molecule has 2 nitrogen and oxygen atoms in total. The van der Waals surface area contributed by atoms with Gasteiger partial charge in [-0.25, -0.2) is 8.78 Å². The summed E-state index contributed by atoms with van der Waals surface area (Å²) in [5.74, 6) is -0.752. The second-order valence-electron chi connectivity index (χ2n) is 4.17. The fourth-order valence-corrected chi connectivity index (χ4v) is 1.99. The third kappa shape index (κ3) is 3.65. The maximum atomic E-state index is 13.4. The van der Waals surface area contributed by atoms with E-state index >= 15 is 0 Å². The van der Waals surface area contributed by atoms with Crippen molar-refractivity contribution >= 4 is 40.3 Å². The van der Waals surface area contributed by atoms with Crippen LogP contribution < -0.4 is 10.6 Å². The molecular formula is C14H11ClF2N2S. The molecule has 0 aliphatic heterocycles. The molecule has 0 spiro atoms. The summed E-state index contributed by atoms with van der Waals surface area (Å²) < 4.78 is 26.3. The van der Waals surface area contributed by atoms with Crippen LogP contribution in [0.3, 0.4) is 0 Å². The molecule has 0 aliphatic carbocycles. The Labute approximate surface area is 125 Å². The number of rotatable bonds is 2. The van der Waals surface area contributed by atoms with E-state index < -0.39 is 5.82 Å². The Balaban J connectivity index is 2.07. The molecule has 0 bridgehead atoms. The molecule has 0 heterocycles. The zero-order valence-corrected chi connectivity index (χ0v) is 12.1. The first-order chi connectivity index (χ1) is 9.45. The molecule has 0 amide bonds. The second kappa shape index (κ2) is 6.15. The van der Waals surface area contributed by atoms with Crippen molar-refractivity contribution in [3.8, 4) is 0 Å². The zero-order chi connectivity index (χ0) is 14.7. The number of thiocarbonyl (C=S) groups is 1. The highest BCUT2D eigenvalue weighted by molar-refractivity contribution is 7.80. The number of hydrogen-bond donors (Lipinski definition) is 2. The number of nitrogens with one attached hydrogen (secondary N) is 2. The molecule has 2 rings (SSSR count). The van der Waals surface area contributed by atoms with Gasteiger partial charge in [0.2, 0.25) is 0 Å². The number of halogens is 3. The Morgan fingerprint density at radius 2 is 1.85 bits per heavy atom. The molecule has 0 atom stereocenters. The highest BCUT2D eigenvalue weighted by Gasteiger charge is 2.05. The topological polar surface area (TPSA) is 24.1 Å². The summed E-state index contributed by atoms with van der Waals surface area (Å²) in [6.07, 6.45) is 0. The Bertz CT molecular complexity index is 662. The van der Waals surface area contributed by atoms with Crippen molar-refractivity contribution in [1.82, 2.24) is 0 Å². The van der Waals surface area contributed by atoms with Crippen LogP contribution in [0.25, 0.3) is 0 Å². The van der Waals surface area contributed by atoms with E-state index in [1.54, 1.807) is 19.1 Å². The molecule has 0 aromatic heterocycles. The van der Waals surface area contributed by atoms with Crippen molar-refractivity contribution in [2.75, 3.05) is 10.6 Å². The summed E-state index contributed by atoms with van der Waals surface area (Å²) >= 11 is 11.0. The molecule has 2 aromatic carbocycles. The lowest BCUT2D eigenvalue weighted by molar-refractivity contribution is 0.619. The molecule has 0 unspecified atom stereocenters. The molecule has 0 saturated carbocycles. The standard InChI is InChI=1S/C14H11ClF2N2S/c1-8-2-4-10(7-12(8)17)18-14(20)19-13-5-3-9(16)6-11(13)15/h2-7H,1H3,(H2,18,19,20). The normalized spacial score (nSPS) is 10.2. The fourth-order valence-electron chi connectivity index (χ4n) is 1.55. The van der Waals surface area contributed by atoms with Gasteiger partial charge in [-0.2, -0.15) is 0 Å². The highest BCUT2D eigenvalue weighted by atomic mass is 35.5. The molecule has 0 aliphatic rings. The molecule has 0 saturated heterocycles. The van der Waals surface area contributed by atoms with E-state index in [1.165, 1.54) is 24.3 Å². The molecule has 2 N–H and O–H groups in total. The van der Waals surface area contributed by atoms with Crippen molar-refractivity contribution in [1.29, 1.82) is 0 Å². The molecule has 0 radical (unpaired) electrons. The van der Waals surface area contributed by atoms with Gasteiger partial charge in [0.25, 0.3) is 0 Å². The lowest BCUT2D eigenvalue weighted by atomic mass is 10.2. The minimum absolute atomic E-state index is 0.212. The van der Waals surface area contributed by atoms with Crippen molar-refractivity contribution < 1.29 is 8.78 Å². The Kier molecular flexibility index (Phi) is 4.52. The van der Waals surface area contributed by atoms with Gasteiger partial charge in [0.05, 0.1) is 10.7 Å². The summed E-state index contributed by atoms with van der Waals surface area (Å²) in [5.41, 5.74) is 1.54. The second-order valence-corrected chi connectivity index (χ2v) is 4.98. The van der Waals surface area contributed by atoms with Crippen molar-refractivity contribution in [2.24, 2.45) is 0 Å². The van der Waals surface area contributed by atoms with Crippen LogP contribution in [-0.2, 0) is 0 Å². The van der Waals surface area contributed by atoms with Crippen LogP contribution in [-0.4, -0.2) is 5.11 Å². The Morgan fingerprint density at radius 1 is 1.10 bits per heavy atom. The number of aryl methyl sites for hydroxylation is 1. The van der Waals surface area contributed by atoms with Gasteiger partial charge in [0, 0.05) is 5.69 Å². The minimum atomic E-state index is -0.431. The lowest BCUT2D eigenvalue weighted by Crippen LogP contribution is -2.19. The monoisotopic (exact) mass is 312 g/mol. The predicted molar refractivity (Wildman–Crippen MR) is 82.4 cm³/mol. The van der Waals surface area contributed by atoms with Gasteiger partial charge < -0.3 is 10.6 Å². The first kappa shape index (κ1) is 14.7. The maximum Gasteiger partial charge on any atom is 0.175 e. The predicted octanol–water partition coefficient (Wildman–Crippen LogP) is 4.74. The van der Waals surface area contributed by atoms with Crippen LogP contribution in [0.4, 0.5) is 20.2 Å². The van der Waals surface area contributed by atoms with E-state index in [4.69, 9.17) is 23.8 Å². The van der Waals surface area contributed by atoms with Crippen molar-refractivity contribution in [3.63, 3.8) is 0 Å². The summed E-state index contributed by atoms with van der Waals surface area (Å²) in [4.78, 5) is 0. The zero-order valence-electron chi connectivity index (χ0n) is 10.5. The Morgan fingerprint density at radius 3 is 2.50 bits per heavy atom. The molecule has 20 heavy (non-hydrogen) atoms. The van der Waals surface area contributed by atoms with Gasteiger partial charge in [-0.15, -0.1) is 0 Å². The largest absolute Gasteiger partial charge is 0.332 e. The van der Waals surface area contributed by atoms with Crippen molar-refractivity contribution in [3.05, 3.63) is 58.6 Å². The first-order valence-corrected chi connectivity index (χ1v) is 6.53. The number of hydrogen-bond acceptors (Lipinski definition) is 1. The maximum absolute atomic E-state index is 13.4.